The number of nitrogens with zero attached hydrogens (tertiary/aromatic N) is 4. The van der Waals surface area contributed by atoms with Crippen LogP contribution in [0.4, 0.5) is 10.1 Å². The van der Waals surface area contributed by atoms with Crippen LogP contribution in [0.3, 0.4) is 0 Å². The number of aryl methyl sites for hydroxylation is 2. The van der Waals surface area contributed by atoms with E-state index in [1.54, 1.807) is 29.5 Å². The quantitative estimate of drug-likeness (QED) is 0.333. The van der Waals surface area contributed by atoms with Gasteiger partial charge in [0.1, 0.15) is 11.5 Å². The average molecular weight is 641 g/mol. The lowest BCUT2D eigenvalue weighted by Gasteiger charge is -2.40. The second-order valence-electron chi connectivity index (χ2n) is 13.0. The lowest BCUT2D eigenvalue weighted by molar-refractivity contribution is -0.0695. The van der Waals surface area contributed by atoms with E-state index in [0.29, 0.717) is 53.6 Å². The molecule has 0 radical (unpaired) electrons. The molecule has 5 heterocycles. The van der Waals surface area contributed by atoms with Crippen LogP contribution in [0.25, 0.3) is 11.3 Å². The first kappa shape index (κ1) is 29.7. The Morgan fingerprint density at radius 3 is 2.67 bits per heavy atom. The highest BCUT2D eigenvalue weighted by Crippen LogP contribution is 2.40. The second kappa shape index (κ2) is 11.8. The lowest BCUT2D eigenvalue weighted by atomic mass is 9.91. The van der Waals surface area contributed by atoms with Gasteiger partial charge in [-0.2, -0.15) is 0 Å². The molecular formula is C36H37FN4O4S. The number of hydrogen-bond acceptors (Lipinski definition) is 7. The fourth-order valence-electron chi connectivity index (χ4n) is 7.59. The molecular weight excluding hydrogens is 603 g/mol. The van der Waals surface area contributed by atoms with Crippen molar-refractivity contribution in [1.82, 2.24) is 14.5 Å². The Hall–Kier alpha value is -3.70. The minimum Gasteiger partial charge on any atom is -0.392 e. The van der Waals surface area contributed by atoms with Crippen LogP contribution in [-0.2, 0) is 57.0 Å². The summed E-state index contributed by atoms with van der Waals surface area (Å²) in [6.45, 7) is 3.50. The molecule has 0 saturated carbocycles. The van der Waals surface area contributed by atoms with E-state index in [1.807, 2.05) is 0 Å². The summed E-state index contributed by atoms with van der Waals surface area (Å²) in [7, 11) is 1.66. The van der Waals surface area contributed by atoms with E-state index in [2.05, 4.69) is 23.1 Å². The van der Waals surface area contributed by atoms with Crippen molar-refractivity contribution in [1.29, 1.82) is 0 Å². The van der Waals surface area contributed by atoms with Gasteiger partial charge < -0.3 is 19.3 Å². The molecule has 2 aromatic carbocycles. The molecule has 1 aliphatic carbocycles. The van der Waals surface area contributed by atoms with Crippen molar-refractivity contribution >= 4 is 22.9 Å². The fourth-order valence-corrected chi connectivity index (χ4v) is 8.98. The van der Waals surface area contributed by atoms with Crippen LogP contribution in [0.1, 0.15) is 66.5 Å². The molecule has 8 rings (SSSR count). The zero-order valence-corrected chi connectivity index (χ0v) is 26.8. The number of carbonyl (C=O) groups excluding carboxylic acids is 1. The largest absolute Gasteiger partial charge is 0.392 e. The summed E-state index contributed by atoms with van der Waals surface area (Å²) < 4.78 is 22.2. The molecule has 46 heavy (non-hydrogen) atoms. The van der Waals surface area contributed by atoms with Gasteiger partial charge in [0.25, 0.3) is 11.5 Å². The highest BCUT2D eigenvalue weighted by atomic mass is 32.1. The van der Waals surface area contributed by atoms with Gasteiger partial charge in [0.05, 0.1) is 42.1 Å². The number of aromatic nitrogens is 2. The van der Waals surface area contributed by atoms with Gasteiger partial charge in [-0.05, 0) is 78.5 Å². The van der Waals surface area contributed by atoms with Crippen LogP contribution < -0.4 is 10.5 Å². The number of ether oxygens (including phenoxy) is 1. The third kappa shape index (κ3) is 5.12. The summed E-state index contributed by atoms with van der Waals surface area (Å²) in [5.74, 6) is -0.668. The number of hydrogen-bond donors (Lipinski definition) is 1. The number of halogens is 1. The Balaban J connectivity index is 1.11. The fraction of sp³-hybridized carbons (Fsp3) is 0.417. The molecule has 10 heteroatoms. The van der Waals surface area contributed by atoms with Crippen LogP contribution in [0.5, 0.6) is 0 Å². The zero-order valence-electron chi connectivity index (χ0n) is 26.0. The molecule has 4 aromatic rings. The summed E-state index contributed by atoms with van der Waals surface area (Å²) in [4.78, 5) is 38.0. The molecule has 1 amide bonds. The molecule has 3 aliphatic heterocycles. The SMILES string of the molecule is Cn1cc(-c2cc(F)cc(N3CCc4c(sc5c4CCCC5)C3=O)c2CO)nc(Cc2ccc3c(c2)CCN(C2COC2)C3)c1=O. The van der Waals surface area contributed by atoms with Gasteiger partial charge in [0.2, 0.25) is 0 Å². The Labute approximate surface area is 271 Å². The first-order valence-electron chi connectivity index (χ1n) is 16.3. The Bertz CT molecular complexity index is 1930. The molecule has 0 unspecified atom stereocenters. The number of rotatable bonds is 6. The summed E-state index contributed by atoms with van der Waals surface area (Å²) in [6.07, 6.45) is 7.88. The Morgan fingerprint density at radius 1 is 1.02 bits per heavy atom. The molecule has 0 bridgehead atoms. The van der Waals surface area contributed by atoms with Crippen molar-refractivity contribution < 1.29 is 19.0 Å². The molecule has 1 N–H and O–H groups in total. The highest BCUT2D eigenvalue weighted by Gasteiger charge is 2.34. The van der Waals surface area contributed by atoms with Crippen LogP contribution in [0, 0.1) is 5.82 Å². The minimum absolute atomic E-state index is 0.141. The van der Waals surface area contributed by atoms with Crippen molar-refractivity contribution in [2.75, 3.05) is 31.2 Å². The number of fused-ring (bicyclic) bond motifs is 4. The smallest absolute Gasteiger partial charge is 0.272 e. The molecule has 2 aromatic heterocycles. The van der Waals surface area contributed by atoms with Crippen molar-refractivity contribution in [3.8, 4) is 11.3 Å². The maximum atomic E-state index is 15.4. The zero-order chi connectivity index (χ0) is 31.5. The normalized spacial score (nSPS) is 18.2. The minimum atomic E-state index is -0.527. The Kier molecular flexibility index (Phi) is 7.63. The number of anilines is 1. The molecule has 238 valence electrons. The van der Waals surface area contributed by atoms with Crippen LogP contribution >= 0.6 is 11.3 Å². The first-order valence-corrected chi connectivity index (χ1v) is 17.1. The number of aliphatic hydroxyl groups is 1. The van der Waals surface area contributed by atoms with Crippen LogP contribution in [0.2, 0.25) is 0 Å². The van der Waals surface area contributed by atoms with Gasteiger partial charge in [0.15, 0.2) is 0 Å². The average Bonchev–Trinajstić information content (AvgIpc) is 3.42. The van der Waals surface area contributed by atoms with Gasteiger partial charge in [0, 0.05) is 55.3 Å². The monoisotopic (exact) mass is 640 g/mol. The molecule has 0 spiro atoms. The van der Waals surface area contributed by atoms with Crippen LogP contribution in [0.15, 0.2) is 41.3 Å². The predicted octanol–water partition coefficient (Wildman–Crippen LogP) is 4.57. The number of benzene rings is 2. The molecule has 1 saturated heterocycles. The molecule has 4 aliphatic rings. The van der Waals surface area contributed by atoms with Crippen molar-refractivity contribution in [3.05, 3.63) is 102 Å². The third-order valence-electron chi connectivity index (χ3n) is 10.2. The lowest BCUT2D eigenvalue weighted by Crippen LogP contribution is -2.50. The summed E-state index contributed by atoms with van der Waals surface area (Å²) >= 11 is 1.58. The predicted molar refractivity (Wildman–Crippen MR) is 175 cm³/mol. The number of carbonyl (C=O) groups is 1. The van der Waals surface area contributed by atoms with Crippen molar-refractivity contribution in [2.45, 2.75) is 64.1 Å². The van der Waals surface area contributed by atoms with Gasteiger partial charge in [-0.15, -0.1) is 11.3 Å². The van der Waals surface area contributed by atoms with E-state index in [-0.39, 0.29) is 11.5 Å². The number of thiophene rings is 1. The van der Waals surface area contributed by atoms with Crippen molar-refractivity contribution in [3.63, 3.8) is 0 Å². The first-order chi connectivity index (χ1) is 22.4. The number of aliphatic hydroxyl groups excluding tert-OH is 1. The van der Waals surface area contributed by atoms with Gasteiger partial charge in [-0.3, -0.25) is 14.5 Å². The second-order valence-corrected chi connectivity index (χ2v) is 14.1. The van der Waals surface area contributed by atoms with E-state index in [9.17, 15) is 14.7 Å². The maximum absolute atomic E-state index is 15.4. The van der Waals surface area contributed by atoms with E-state index < -0.39 is 12.4 Å². The van der Waals surface area contributed by atoms with Crippen molar-refractivity contribution in [2.24, 2.45) is 7.05 Å². The van der Waals surface area contributed by atoms with Crippen LogP contribution in [-0.4, -0.2) is 57.8 Å². The molecule has 0 atom stereocenters. The summed E-state index contributed by atoms with van der Waals surface area (Å²) in [6, 6.07) is 9.56. The van der Waals surface area contributed by atoms with Gasteiger partial charge in [-0.1, -0.05) is 18.2 Å². The molecule has 8 nitrogen and oxygen atoms in total. The van der Waals surface area contributed by atoms with Gasteiger partial charge in [-0.25, -0.2) is 9.37 Å². The van der Waals surface area contributed by atoms with Gasteiger partial charge >= 0.3 is 0 Å². The maximum Gasteiger partial charge on any atom is 0.272 e. The summed E-state index contributed by atoms with van der Waals surface area (Å²) in [5.41, 5.74) is 7.75. The third-order valence-corrected chi connectivity index (χ3v) is 11.5. The standard InChI is InChI=1S/C36H37FN4O4S/c1-39-17-31(38-30(35(39)43)13-21-6-7-23-16-40(25-19-45-20-25)10-8-22(23)12-21)28-14-24(37)15-32(29(28)18-42)41-11-9-27-26-4-2-3-5-33(26)46-34(27)36(41)44/h6-7,12,14-15,17,25,42H,2-5,8-11,13,16,18-20H2,1H3. The summed E-state index contributed by atoms with van der Waals surface area (Å²) in [5, 5.41) is 10.6. The van der Waals surface area contributed by atoms with E-state index in [0.717, 1.165) is 74.4 Å². The highest BCUT2D eigenvalue weighted by molar-refractivity contribution is 7.14. The molecule has 1 fully saturated rings. The Morgan fingerprint density at radius 2 is 1.87 bits per heavy atom. The topological polar surface area (TPSA) is 87.9 Å². The van der Waals surface area contributed by atoms with E-state index in [1.165, 1.54) is 38.3 Å². The van der Waals surface area contributed by atoms with E-state index >= 15 is 4.39 Å². The van der Waals surface area contributed by atoms with E-state index in [4.69, 9.17) is 9.72 Å². The number of amides is 1.